The molecule has 7 heteroatoms. The first-order chi connectivity index (χ1) is 11.3. The van der Waals surface area contributed by atoms with Crippen molar-refractivity contribution >= 4 is 29.0 Å². The van der Waals surface area contributed by atoms with Gasteiger partial charge in [-0.1, -0.05) is 0 Å². The lowest BCUT2D eigenvalue weighted by Gasteiger charge is -2.32. The van der Waals surface area contributed by atoms with Gasteiger partial charge in [-0.05, 0) is 19.1 Å². The smallest absolute Gasteiger partial charge is 0.223 e. The van der Waals surface area contributed by atoms with Crippen LogP contribution in [0.2, 0.25) is 0 Å². The number of amides is 1. The highest BCUT2D eigenvalue weighted by molar-refractivity contribution is 7.98. The highest BCUT2D eigenvalue weighted by Gasteiger charge is 2.27. The van der Waals surface area contributed by atoms with Gasteiger partial charge in [-0.25, -0.2) is 9.97 Å². The number of aromatic nitrogens is 3. The largest absolute Gasteiger partial charge is 0.342 e. The number of hydrogen-bond donors (Lipinski definition) is 0. The van der Waals surface area contributed by atoms with Crippen molar-refractivity contribution in [3.63, 3.8) is 0 Å². The molecule has 1 aliphatic rings. The highest BCUT2D eigenvalue weighted by atomic mass is 32.2. The van der Waals surface area contributed by atoms with Crippen molar-refractivity contribution in [3.05, 3.63) is 34.8 Å². The second-order valence-corrected chi connectivity index (χ2v) is 7.52. The summed E-state index contributed by atoms with van der Waals surface area (Å²) < 4.78 is 2.18. The van der Waals surface area contributed by atoms with Crippen LogP contribution in [-0.2, 0) is 11.3 Å². The van der Waals surface area contributed by atoms with E-state index in [4.69, 9.17) is 0 Å². The van der Waals surface area contributed by atoms with Crippen LogP contribution in [0, 0.1) is 0 Å². The lowest BCUT2D eigenvalue weighted by Crippen LogP contribution is -2.40. The van der Waals surface area contributed by atoms with Gasteiger partial charge < -0.3 is 9.47 Å². The van der Waals surface area contributed by atoms with E-state index >= 15 is 0 Å². The fourth-order valence-electron chi connectivity index (χ4n) is 3.07. The number of rotatable bonds is 6. The molecule has 0 bridgehead atoms. The fraction of sp³-hybridized carbons (Fsp3) is 0.562. The number of carbonyl (C=O) groups is 1. The normalized spacial score (nSPS) is 18.3. The molecule has 124 valence electrons. The van der Waals surface area contributed by atoms with Gasteiger partial charge in [0.25, 0.3) is 0 Å². The molecule has 2 aromatic heterocycles. The number of hydrogen-bond acceptors (Lipinski definition) is 5. The van der Waals surface area contributed by atoms with Crippen molar-refractivity contribution in [2.75, 3.05) is 25.1 Å². The molecule has 0 N–H and O–H groups in total. The molecule has 5 nitrogen and oxygen atoms in total. The Bertz CT molecular complexity index is 626. The van der Waals surface area contributed by atoms with Gasteiger partial charge in [0.05, 0.1) is 17.7 Å². The van der Waals surface area contributed by atoms with Crippen molar-refractivity contribution in [2.45, 2.75) is 31.7 Å². The molecule has 1 fully saturated rings. The second kappa shape index (κ2) is 7.97. The number of thiazole rings is 1. The fourth-order valence-corrected chi connectivity index (χ4v) is 3.99. The second-order valence-electron chi connectivity index (χ2n) is 5.81. The summed E-state index contributed by atoms with van der Waals surface area (Å²) in [5, 5.41) is 2.07. The van der Waals surface area contributed by atoms with Crippen molar-refractivity contribution in [3.8, 4) is 0 Å². The van der Waals surface area contributed by atoms with Crippen LogP contribution < -0.4 is 0 Å². The maximum absolute atomic E-state index is 12.3. The quantitative estimate of drug-likeness (QED) is 0.804. The molecule has 0 aromatic carbocycles. The first-order valence-corrected chi connectivity index (χ1v) is 10.3. The van der Waals surface area contributed by atoms with Gasteiger partial charge in [-0.15, -0.1) is 11.3 Å². The lowest BCUT2D eigenvalue weighted by atomic mass is 9.97. The molecular formula is C16H22N4OS2. The molecular weight excluding hydrogens is 328 g/mol. The molecule has 0 radical (unpaired) electrons. The first kappa shape index (κ1) is 16.5. The molecule has 1 saturated heterocycles. The summed E-state index contributed by atoms with van der Waals surface area (Å²) in [6.45, 7) is 2.44. The topological polar surface area (TPSA) is 51.0 Å². The Morgan fingerprint density at radius 2 is 2.39 bits per heavy atom. The Morgan fingerprint density at radius 1 is 1.48 bits per heavy atom. The van der Waals surface area contributed by atoms with E-state index in [-0.39, 0.29) is 5.91 Å². The van der Waals surface area contributed by atoms with Crippen LogP contribution in [0.4, 0.5) is 0 Å². The zero-order valence-corrected chi connectivity index (χ0v) is 15.0. The molecule has 3 rings (SSSR count). The summed E-state index contributed by atoms with van der Waals surface area (Å²) in [4.78, 5) is 23.2. The highest BCUT2D eigenvalue weighted by Crippen LogP contribution is 2.26. The number of nitrogens with zero attached hydrogens (tertiary/aromatic N) is 4. The van der Waals surface area contributed by atoms with Crippen LogP contribution >= 0.6 is 23.1 Å². The summed E-state index contributed by atoms with van der Waals surface area (Å²) >= 11 is 3.34. The van der Waals surface area contributed by atoms with E-state index in [1.54, 1.807) is 23.1 Å². The minimum absolute atomic E-state index is 0.279. The summed E-state index contributed by atoms with van der Waals surface area (Å²) in [6.07, 6.45) is 8.71. The van der Waals surface area contributed by atoms with Gasteiger partial charge in [0.2, 0.25) is 5.91 Å². The van der Waals surface area contributed by atoms with Crippen LogP contribution in [0.15, 0.2) is 23.3 Å². The predicted octanol–water partition coefficient (Wildman–Crippen LogP) is 2.85. The number of likely N-dealkylation sites (tertiary alicyclic amines) is 1. The van der Waals surface area contributed by atoms with E-state index < -0.39 is 0 Å². The van der Waals surface area contributed by atoms with Gasteiger partial charge in [-0.3, -0.25) is 4.79 Å². The average Bonchev–Trinajstić information content (AvgIpc) is 3.25. The molecule has 0 spiro atoms. The van der Waals surface area contributed by atoms with E-state index in [0.29, 0.717) is 12.3 Å². The van der Waals surface area contributed by atoms with Gasteiger partial charge in [0.1, 0.15) is 5.82 Å². The third kappa shape index (κ3) is 4.14. The number of thioether (sulfide) groups is 1. The van der Waals surface area contributed by atoms with Crippen molar-refractivity contribution in [1.82, 2.24) is 19.4 Å². The maximum Gasteiger partial charge on any atom is 0.223 e. The van der Waals surface area contributed by atoms with Crippen LogP contribution in [0.1, 0.15) is 36.7 Å². The van der Waals surface area contributed by atoms with E-state index in [9.17, 15) is 4.79 Å². The molecule has 1 amide bonds. The summed E-state index contributed by atoms with van der Waals surface area (Å²) in [5.41, 5.74) is 2.93. The Morgan fingerprint density at radius 3 is 3.17 bits per heavy atom. The van der Waals surface area contributed by atoms with Crippen LogP contribution in [0.5, 0.6) is 0 Å². The summed E-state index contributed by atoms with van der Waals surface area (Å²) in [5.74, 6) is 2.59. The molecule has 0 saturated carbocycles. The van der Waals surface area contributed by atoms with Gasteiger partial charge in [-0.2, -0.15) is 11.8 Å². The predicted molar refractivity (Wildman–Crippen MR) is 95.0 cm³/mol. The van der Waals surface area contributed by atoms with Crippen LogP contribution in [-0.4, -0.2) is 50.4 Å². The minimum Gasteiger partial charge on any atom is -0.342 e. The zero-order chi connectivity index (χ0) is 16.1. The Labute approximate surface area is 145 Å². The Kier molecular flexibility index (Phi) is 5.72. The number of imidazole rings is 1. The average molecular weight is 351 g/mol. The molecule has 1 atom stereocenters. The van der Waals surface area contributed by atoms with E-state index in [1.807, 2.05) is 29.1 Å². The molecule has 2 aromatic rings. The SMILES string of the molecule is CSCCC(=O)N1CCCC(c2nccn2Cc2cscn2)C1. The maximum atomic E-state index is 12.3. The standard InChI is InChI=1S/C16H22N4OS2/c1-22-8-4-15(21)19-6-2-3-13(9-19)16-17-5-7-20(16)10-14-11-23-12-18-14/h5,7,11-13H,2-4,6,8-10H2,1H3. The third-order valence-electron chi connectivity index (χ3n) is 4.22. The Hall–Kier alpha value is -1.34. The molecule has 23 heavy (non-hydrogen) atoms. The van der Waals surface area contributed by atoms with Crippen molar-refractivity contribution < 1.29 is 4.79 Å². The van der Waals surface area contributed by atoms with E-state index in [1.165, 1.54) is 0 Å². The van der Waals surface area contributed by atoms with Gasteiger partial charge in [0, 0.05) is 49.0 Å². The Balaban J connectivity index is 1.67. The minimum atomic E-state index is 0.279. The lowest BCUT2D eigenvalue weighted by molar-refractivity contribution is -0.132. The summed E-state index contributed by atoms with van der Waals surface area (Å²) in [6, 6.07) is 0. The van der Waals surface area contributed by atoms with Crippen LogP contribution in [0.25, 0.3) is 0 Å². The number of carbonyl (C=O) groups excluding carboxylic acids is 1. The van der Waals surface area contributed by atoms with Crippen LogP contribution in [0.3, 0.4) is 0 Å². The molecule has 1 aliphatic heterocycles. The molecule has 0 aliphatic carbocycles. The third-order valence-corrected chi connectivity index (χ3v) is 5.47. The van der Waals surface area contributed by atoms with E-state index in [0.717, 1.165) is 49.7 Å². The van der Waals surface area contributed by atoms with Gasteiger partial charge in [0.15, 0.2) is 0 Å². The number of piperidine rings is 1. The molecule has 3 heterocycles. The molecule has 1 unspecified atom stereocenters. The zero-order valence-electron chi connectivity index (χ0n) is 13.4. The van der Waals surface area contributed by atoms with Crippen molar-refractivity contribution in [1.29, 1.82) is 0 Å². The monoisotopic (exact) mass is 350 g/mol. The van der Waals surface area contributed by atoms with E-state index in [2.05, 4.69) is 19.9 Å². The van der Waals surface area contributed by atoms with Crippen molar-refractivity contribution in [2.24, 2.45) is 0 Å². The van der Waals surface area contributed by atoms with Gasteiger partial charge >= 0.3 is 0 Å². The summed E-state index contributed by atoms with van der Waals surface area (Å²) in [7, 11) is 0. The first-order valence-electron chi connectivity index (χ1n) is 7.92.